The molecule has 0 bridgehead atoms. The Kier molecular flexibility index (Phi) is 3.12. The molecule has 0 heterocycles. The van der Waals surface area contributed by atoms with Gasteiger partial charge >= 0.3 is 0 Å². The smallest absolute Gasteiger partial charge is 0.162 e. The number of aliphatic hydroxyl groups is 1. The van der Waals surface area contributed by atoms with Crippen molar-refractivity contribution in [2.45, 2.75) is 33.6 Å². The van der Waals surface area contributed by atoms with Crippen molar-refractivity contribution < 1.29 is 5.11 Å². The summed E-state index contributed by atoms with van der Waals surface area (Å²) in [6.07, 6.45) is 1.83. The first-order chi connectivity index (χ1) is 4.06. The van der Waals surface area contributed by atoms with E-state index in [9.17, 15) is 0 Å². The SMILES string of the molecule is CCC(C)(CC)C(O)=S. The van der Waals surface area contributed by atoms with Gasteiger partial charge < -0.3 is 5.11 Å². The van der Waals surface area contributed by atoms with Gasteiger partial charge in [-0.1, -0.05) is 20.8 Å². The minimum atomic E-state index is -0.130. The van der Waals surface area contributed by atoms with Crippen LogP contribution < -0.4 is 0 Å². The molecule has 1 N–H and O–H groups in total. The second-order valence-electron chi connectivity index (χ2n) is 2.57. The second kappa shape index (κ2) is 3.16. The van der Waals surface area contributed by atoms with Crippen LogP contribution in [-0.2, 0) is 0 Å². The van der Waals surface area contributed by atoms with Gasteiger partial charge in [-0.3, -0.25) is 0 Å². The molecule has 0 atom stereocenters. The molecule has 0 saturated heterocycles. The highest BCUT2D eigenvalue weighted by atomic mass is 32.1. The zero-order chi connectivity index (χ0) is 7.49. The molecule has 0 unspecified atom stereocenters. The first-order valence-corrected chi connectivity index (χ1v) is 3.71. The summed E-state index contributed by atoms with van der Waals surface area (Å²) in [5.41, 5.74) is -0.130. The van der Waals surface area contributed by atoms with Crippen LogP contribution in [-0.4, -0.2) is 10.2 Å². The molecule has 0 aromatic rings. The molecule has 0 amide bonds. The Hall–Kier alpha value is -0.110. The number of hydrogen-bond donors (Lipinski definition) is 1. The minimum absolute atomic E-state index is 0.130. The van der Waals surface area contributed by atoms with E-state index in [1.807, 2.05) is 20.8 Å². The fraction of sp³-hybridized carbons (Fsp3) is 0.857. The van der Waals surface area contributed by atoms with Crippen LogP contribution in [0, 0.1) is 5.41 Å². The highest BCUT2D eigenvalue weighted by Crippen LogP contribution is 2.25. The van der Waals surface area contributed by atoms with E-state index < -0.39 is 0 Å². The summed E-state index contributed by atoms with van der Waals surface area (Å²) >= 11 is 4.68. The molecule has 0 spiro atoms. The van der Waals surface area contributed by atoms with E-state index in [0.717, 1.165) is 12.8 Å². The predicted molar refractivity (Wildman–Crippen MR) is 43.9 cm³/mol. The van der Waals surface area contributed by atoms with E-state index in [0.29, 0.717) is 0 Å². The lowest BCUT2D eigenvalue weighted by Gasteiger charge is -2.22. The third-order valence-electron chi connectivity index (χ3n) is 2.08. The number of rotatable bonds is 3. The monoisotopic (exact) mass is 146 g/mol. The molecule has 9 heavy (non-hydrogen) atoms. The Morgan fingerprint density at radius 3 is 1.78 bits per heavy atom. The maximum absolute atomic E-state index is 9.00. The molecule has 0 aliphatic carbocycles. The van der Waals surface area contributed by atoms with Crippen molar-refractivity contribution in [2.75, 3.05) is 0 Å². The Morgan fingerprint density at radius 2 is 1.78 bits per heavy atom. The van der Waals surface area contributed by atoms with Crippen molar-refractivity contribution in [3.63, 3.8) is 0 Å². The van der Waals surface area contributed by atoms with Gasteiger partial charge in [-0.15, -0.1) is 0 Å². The fourth-order valence-electron chi connectivity index (χ4n) is 0.552. The summed E-state index contributed by atoms with van der Waals surface area (Å²) in [4.78, 5) is 0. The molecule has 0 saturated carbocycles. The molecule has 0 aliphatic rings. The van der Waals surface area contributed by atoms with Crippen molar-refractivity contribution in [2.24, 2.45) is 5.41 Å². The normalized spacial score (nSPS) is 11.4. The van der Waals surface area contributed by atoms with Gasteiger partial charge in [-0.2, -0.15) is 0 Å². The Labute approximate surface area is 62.1 Å². The largest absolute Gasteiger partial charge is 0.502 e. The van der Waals surface area contributed by atoms with Crippen molar-refractivity contribution >= 4 is 17.3 Å². The Balaban J connectivity index is 4.09. The zero-order valence-corrected chi connectivity index (χ0v) is 7.09. The van der Waals surface area contributed by atoms with Crippen LogP contribution in [0.25, 0.3) is 0 Å². The van der Waals surface area contributed by atoms with Crippen molar-refractivity contribution in [1.29, 1.82) is 0 Å². The van der Waals surface area contributed by atoms with Crippen molar-refractivity contribution in [3.05, 3.63) is 0 Å². The van der Waals surface area contributed by atoms with Crippen LogP contribution in [0.3, 0.4) is 0 Å². The maximum Gasteiger partial charge on any atom is 0.162 e. The fourth-order valence-corrected chi connectivity index (χ4v) is 0.841. The number of aliphatic hydroxyl groups excluding tert-OH is 1. The van der Waals surface area contributed by atoms with E-state index in [2.05, 4.69) is 12.2 Å². The van der Waals surface area contributed by atoms with Gasteiger partial charge in [0.2, 0.25) is 0 Å². The third-order valence-corrected chi connectivity index (χ3v) is 2.57. The summed E-state index contributed by atoms with van der Waals surface area (Å²) in [6.45, 7) is 6.05. The molecular weight excluding hydrogens is 132 g/mol. The van der Waals surface area contributed by atoms with E-state index in [-0.39, 0.29) is 10.5 Å². The van der Waals surface area contributed by atoms with E-state index in [4.69, 9.17) is 5.11 Å². The quantitative estimate of drug-likeness (QED) is 0.618. The topological polar surface area (TPSA) is 20.2 Å². The lowest BCUT2D eigenvalue weighted by molar-refractivity contribution is 0.361. The summed E-state index contributed by atoms with van der Waals surface area (Å²) < 4.78 is 0. The summed E-state index contributed by atoms with van der Waals surface area (Å²) in [6, 6.07) is 0. The van der Waals surface area contributed by atoms with Crippen LogP contribution in [0.5, 0.6) is 0 Å². The standard InChI is InChI=1S/C7H14OS/c1-4-7(3,5-2)6(8)9/h4-5H2,1-3H3,(H,8,9). The molecule has 0 aromatic heterocycles. The van der Waals surface area contributed by atoms with Gasteiger partial charge in [-0.25, -0.2) is 0 Å². The van der Waals surface area contributed by atoms with Crippen LogP contribution in [0.1, 0.15) is 33.6 Å². The molecule has 0 aliphatic heterocycles. The molecule has 0 radical (unpaired) electrons. The highest BCUT2D eigenvalue weighted by molar-refractivity contribution is 7.80. The summed E-state index contributed by atoms with van der Waals surface area (Å²) in [5.74, 6) is 0. The highest BCUT2D eigenvalue weighted by Gasteiger charge is 2.24. The van der Waals surface area contributed by atoms with Gasteiger partial charge in [0.25, 0.3) is 0 Å². The number of hydrogen-bond acceptors (Lipinski definition) is 1. The van der Waals surface area contributed by atoms with E-state index in [1.54, 1.807) is 0 Å². The summed E-state index contributed by atoms with van der Waals surface area (Å²) in [5, 5.41) is 9.15. The maximum atomic E-state index is 9.00. The predicted octanol–water partition coefficient (Wildman–Crippen LogP) is 2.70. The second-order valence-corrected chi connectivity index (χ2v) is 2.96. The van der Waals surface area contributed by atoms with Gasteiger partial charge in [-0.05, 0) is 25.1 Å². The van der Waals surface area contributed by atoms with Crippen molar-refractivity contribution in [1.82, 2.24) is 0 Å². The van der Waals surface area contributed by atoms with Crippen LogP contribution in [0.15, 0.2) is 0 Å². The molecule has 54 valence electrons. The Morgan fingerprint density at radius 1 is 1.44 bits per heavy atom. The van der Waals surface area contributed by atoms with Crippen LogP contribution >= 0.6 is 12.2 Å². The Bertz CT molecular complexity index is 105. The van der Waals surface area contributed by atoms with E-state index >= 15 is 0 Å². The molecular formula is C7H14OS. The lowest BCUT2D eigenvalue weighted by atomic mass is 9.86. The summed E-state index contributed by atoms with van der Waals surface area (Å²) in [7, 11) is 0. The third kappa shape index (κ3) is 1.94. The van der Waals surface area contributed by atoms with Gasteiger partial charge in [0.1, 0.15) is 0 Å². The zero-order valence-electron chi connectivity index (χ0n) is 6.27. The number of thiocarbonyl (C=S) groups is 1. The van der Waals surface area contributed by atoms with E-state index in [1.165, 1.54) is 0 Å². The minimum Gasteiger partial charge on any atom is -0.502 e. The molecule has 2 heteroatoms. The van der Waals surface area contributed by atoms with Crippen LogP contribution in [0.2, 0.25) is 0 Å². The van der Waals surface area contributed by atoms with Crippen LogP contribution in [0.4, 0.5) is 0 Å². The first kappa shape index (κ1) is 8.89. The average molecular weight is 146 g/mol. The first-order valence-electron chi connectivity index (χ1n) is 3.30. The molecule has 0 rings (SSSR count). The molecule has 0 aromatic carbocycles. The lowest BCUT2D eigenvalue weighted by Crippen LogP contribution is -2.23. The van der Waals surface area contributed by atoms with Gasteiger partial charge in [0.15, 0.2) is 5.05 Å². The van der Waals surface area contributed by atoms with Crippen molar-refractivity contribution in [3.8, 4) is 0 Å². The molecule has 1 nitrogen and oxygen atoms in total. The van der Waals surface area contributed by atoms with Gasteiger partial charge in [0, 0.05) is 5.41 Å². The average Bonchev–Trinajstić information content (AvgIpc) is 1.86. The molecule has 0 fully saturated rings. The van der Waals surface area contributed by atoms with Gasteiger partial charge in [0.05, 0.1) is 0 Å².